The first-order valence-electron chi connectivity index (χ1n) is 4.00. The van der Waals surface area contributed by atoms with Gasteiger partial charge in [-0.05, 0) is 19.1 Å². The maximum atomic E-state index is 13.2. The van der Waals surface area contributed by atoms with E-state index in [1.807, 2.05) is 0 Å². The predicted molar refractivity (Wildman–Crippen MR) is 44.2 cm³/mol. The van der Waals surface area contributed by atoms with Crippen LogP contribution in [0, 0.1) is 5.82 Å². The molecule has 0 radical (unpaired) electrons. The van der Waals surface area contributed by atoms with Crippen LogP contribution in [0.4, 0.5) is 13.2 Å². The number of aromatic hydroxyl groups is 1. The molecule has 0 unspecified atom stereocenters. The van der Waals surface area contributed by atoms with Crippen LogP contribution in [-0.4, -0.2) is 11.7 Å². The molecule has 0 fully saturated rings. The van der Waals surface area contributed by atoms with E-state index in [1.165, 1.54) is 0 Å². The van der Waals surface area contributed by atoms with Crippen LogP contribution in [0.2, 0.25) is 0 Å². The summed E-state index contributed by atoms with van der Waals surface area (Å²) in [4.78, 5) is 0. The smallest absolute Gasteiger partial charge is 0.270 e. The molecule has 1 N–H and O–H groups in total. The van der Waals surface area contributed by atoms with Gasteiger partial charge in [0.1, 0.15) is 5.75 Å². The number of benzene rings is 1. The number of phenolic OH excluding ortho intramolecular Hbond substituents is 1. The molecule has 2 nitrogen and oxygen atoms in total. The van der Waals surface area contributed by atoms with Crippen LogP contribution in [0.3, 0.4) is 0 Å². The molecule has 1 aromatic carbocycles. The van der Waals surface area contributed by atoms with Gasteiger partial charge >= 0.3 is 0 Å². The van der Waals surface area contributed by atoms with E-state index in [9.17, 15) is 13.2 Å². The lowest BCUT2D eigenvalue weighted by Crippen LogP contribution is -1.99. The highest BCUT2D eigenvalue weighted by Gasteiger charge is 2.21. The van der Waals surface area contributed by atoms with Crippen molar-refractivity contribution in [2.45, 2.75) is 13.3 Å². The van der Waals surface area contributed by atoms with Gasteiger partial charge in [-0.25, -0.2) is 13.2 Å². The number of phenols is 1. The number of ether oxygens (including phenoxy) is 1. The van der Waals surface area contributed by atoms with Crippen molar-refractivity contribution in [1.29, 1.82) is 0 Å². The number of hydrogen-bond donors (Lipinski definition) is 1. The molecule has 0 aliphatic rings. The zero-order valence-electron chi connectivity index (χ0n) is 7.43. The Morgan fingerprint density at radius 2 is 2.07 bits per heavy atom. The van der Waals surface area contributed by atoms with Crippen LogP contribution in [0.15, 0.2) is 12.1 Å². The van der Waals surface area contributed by atoms with Crippen molar-refractivity contribution in [2.24, 2.45) is 0 Å². The van der Waals surface area contributed by atoms with Gasteiger partial charge in [-0.1, -0.05) is 0 Å². The lowest BCUT2D eigenvalue weighted by Gasteiger charge is -2.09. The van der Waals surface area contributed by atoms with E-state index in [1.54, 1.807) is 6.92 Å². The third-order valence-corrected chi connectivity index (χ3v) is 1.64. The summed E-state index contributed by atoms with van der Waals surface area (Å²) < 4.78 is 42.5. The second kappa shape index (κ2) is 4.21. The van der Waals surface area contributed by atoms with Gasteiger partial charge in [0.25, 0.3) is 6.43 Å². The summed E-state index contributed by atoms with van der Waals surface area (Å²) in [5.41, 5.74) is -1.02. The molecule has 14 heavy (non-hydrogen) atoms. The van der Waals surface area contributed by atoms with E-state index in [2.05, 4.69) is 0 Å². The Morgan fingerprint density at radius 3 is 2.57 bits per heavy atom. The number of halogens is 3. The summed E-state index contributed by atoms with van der Waals surface area (Å²) in [6.07, 6.45) is -3.06. The summed E-state index contributed by atoms with van der Waals surface area (Å²) >= 11 is 0. The molecular weight excluding hydrogens is 197 g/mol. The summed E-state index contributed by atoms with van der Waals surface area (Å²) in [5, 5.41) is 8.98. The molecule has 1 aromatic rings. The molecule has 0 aliphatic carbocycles. The van der Waals surface area contributed by atoms with Gasteiger partial charge in [-0.3, -0.25) is 0 Å². The van der Waals surface area contributed by atoms with Gasteiger partial charge in [0.15, 0.2) is 11.6 Å². The largest absolute Gasteiger partial charge is 0.507 e. The molecule has 0 bridgehead atoms. The van der Waals surface area contributed by atoms with Crippen LogP contribution < -0.4 is 4.74 Å². The fourth-order valence-corrected chi connectivity index (χ4v) is 1.04. The first-order chi connectivity index (χ1) is 6.57. The molecule has 0 amide bonds. The van der Waals surface area contributed by atoms with Crippen molar-refractivity contribution in [3.8, 4) is 11.5 Å². The van der Waals surface area contributed by atoms with Gasteiger partial charge in [-0.2, -0.15) is 0 Å². The minimum absolute atomic E-state index is 0.171. The van der Waals surface area contributed by atoms with Crippen molar-refractivity contribution in [3.05, 3.63) is 23.5 Å². The van der Waals surface area contributed by atoms with E-state index >= 15 is 0 Å². The number of rotatable bonds is 3. The Bertz CT molecular complexity index is 326. The minimum atomic E-state index is -3.06. The van der Waals surface area contributed by atoms with E-state index in [-0.39, 0.29) is 12.4 Å². The van der Waals surface area contributed by atoms with Gasteiger partial charge in [0.05, 0.1) is 12.2 Å². The number of hydrogen-bond acceptors (Lipinski definition) is 2. The molecule has 0 saturated heterocycles. The first kappa shape index (κ1) is 10.7. The monoisotopic (exact) mass is 206 g/mol. The van der Waals surface area contributed by atoms with E-state index in [0.29, 0.717) is 0 Å². The Balaban J connectivity index is 3.19. The summed E-state index contributed by atoms with van der Waals surface area (Å²) in [6.45, 7) is 1.78. The van der Waals surface area contributed by atoms with Crippen LogP contribution in [0.25, 0.3) is 0 Å². The highest BCUT2D eigenvalue weighted by molar-refractivity contribution is 5.41. The molecule has 0 aliphatic heterocycles. The first-order valence-corrected chi connectivity index (χ1v) is 4.00. The second-order valence-electron chi connectivity index (χ2n) is 2.54. The topological polar surface area (TPSA) is 29.5 Å². The zero-order chi connectivity index (χ0) is 10.7. The van der Waals surface area contributed by atoms with Crippen molar-refractivity contribution < 1.29 is 23.0 Å². The van der Waals surface area contributed by atoms with Gasteiger partial charge < -0.3 is 9.84 Å². The lowest BCUT2D eigenvalue weighted by atomic mass is 10.2. The predicted octanol–water partition coefficient (Wildman–Crippen LogP) is 2.87. The highest BCUT2D eigenvalue weighted by atomic mass is 19.3. The van der Waals surface area contributed by atoms with Crippen LogP contribution in [0.5, 0.6) is 11.5 Å². The third-order valence-electron chi connectivity index (χ3n) is 1.64. The Labute approximate surface area is 78.9 Å². The van der Waals surface area contributed by atoms with Gasteiger partial charge in [0, 0.05) is 0 Å². The lowest BCUT2D eigenvalue weighted by molar-refractivity contribution is 0.140. The van der Waals surface area contributed by atoms with E-state index in [4.69, 9.17) is 9.84 Å². The molecular formula is C9H9F3O2. The Kier molecular flexibility index (Phi) is 3.22. The normalized spacial score (nSPS) is 10.6. The molecule has 78 valence electrons. The fourth-order valence-electron chi connectivity index (χ4n) is 1.04. The standard InChI is InChI=1S/C9H9F3O2/c1-2-14-6-4-3-5(13)7(8(6)10)9(11)12/h3-4,9,13H,2H2,1H3. The zero-order valence-corrected chi connectivity index (χ0v) is 7.43. The van der Waals surface area contributed by atoms with Gasteiger partial charge in [-0.15, -0.1) is 0 Å². The molecule has 0 saturated carbocycles. The van der Waals surface area contributed by atoms with Crippen LogP contribution in [0.1, 0.15) is 18.9 Å². The summed E-state index contributed by atoms with van der Waals surface area (Å²) in [7, 11) is 0. The van der Waals surface area contributed by atoms with E-state index in [0.717, 1.165) is 12.1 Å². The van der Waals surface area contributed by atoms with E-state index < -0.39 is 23.6 Å². The molecule has 0 spiro atoms. The quantitative estimate of drug-likeness (QED) is 0.823. The summed E-state index contributed by atoms with van der Waals surface area (Å²) in [5.74, 6) is -2.25. The maximum absolute atomic E-state index is 13.2. The fraction of sp³-hybridized carbons (Fsp3) is 0.333. The minimum Gasteiger partial charge on any atom is -0.507 e. The van der Waals surface area contributed by atoms with Crippen molar-refractivity contribution in [1.82, 2.24) is 0 Å². The molecule has 0 atom stereocenters. The van der Waals surface area contributed by atoms with Crippen LogP contribution in [-0.2, 0) is 0 Å². The summed E-state index contributed by atoms with van der Waals surface area (Å²) in [6, 6.07) is 2.09. The Morgan fingerprint density at radius 1 is 1.43 bits per heavy atom. The second-order valence-corrected chi connectivity index (χ2v) is 2.54. The van der Waals surface area contributed by atoms with Crippen molar-refractivity contribution in [2.75, 3.05) is 6.61 Å². The van der Waals surface area contributed by atoms with Crippen molar-refractivity contribution >= 4 is 0 Å². The average molecular weight is 206 g/mol. The van der Waals surface area contributed by atoms with Crippen LogP contribution >= 0.6 is 0 Å². The number of alkyl halides is 2. The SMILES string of the molecule is CCOc1ccc(O)c(C(F)F)c1F. The Hall–Kier alpha value is -1.39. The molecule has 1 rings (SSSR count). The van der Waals surface area contributed by atoms with Crippen molar-refractivity contribution in [3.63, 3.8) is 0 Å². The maximum Gasteiger partial charge on any atom is 0.270 e. The average Bonchev–Trinajstić information content (AvgIpc) is 2.10. The highest BCUT2D eigenvalue weighted by Crippen LogP contribution is 2.35. The van der Waals surface area contributed by atoms with Gasteiger partial charge in [0.2, 0.25) is 0 Å². The molecule has 5 heteroatoms. The molecule has 0 aromatic heterocycles. The molecule has 0 heterocycles. The third kappa shape index (κ3) is 1.92.